The van der Waals surface area contributed by atoms with Crippen LogP contribution in [0.15, 0.2) is 18.3 Å². The molecule has 16 heavy (non-hydrogen) atoms. The zero-order valence-corrected chi connectivity index (χ0v) is 11.5. The molecule has 1 rings (SSSR count). The highest BCUT2D eigenvalue weighted by molar-refractivity contribution is 9.09. The molecule has 88 valence electrons. The van der Waals surface area contributed by atoms with Crippen LogP contribution in [0.4, 0.5) is 0 Å². The molecule has 0 fully saturated rings. The van der Waals surface area contributed by atoms with Gasteiger partial charge in [-0.25, -0.2) is 4.98 Å². The van der Waals surface area contributed by atoms with Gasteiger partial charge in [-0.1, -0.05) is 41.4 Å². The zero-order valence-electron chi connectivity index (χ0n) is 9.21. The van der Waals surface area contributed by atoms with Gasteiger partial charge in [-0.2, -0.15) is 0 Å². The fourth-order valence-corrected chi connectivity index (χ4v) is 1.30. The summed E-state index contributed by atoms with van der Waals surface area (Å²) in [6.45, 7) is 4.76. The molecule has 0 spiro atoms. The SMILES string of the molecule is CC(C)C(Br)CNC(=O)c1ccc(Cl)cn1. The third-order valence-corrected chi connectivity index (χ3v) is 3.75. The van der Waals surface area contributed by atoms with Crippen LogP contribution in [0.3, 0.4) is 0 Å². The summed E-state index contributed by atoms with van der Waals surface area (Å²) in [4.78, 5) is 15.9. The van der Waals surface area contributed by atoms with Crippen molar-refractivity contribution in [3.8, 4) is 0 Å². The lowest BCUT2D eigenvalue weighted by Crippen LogP contribution is -2.32. The average molecular weight is 306 g/mol. The molecule has 1 aromatic rings. The van der Waals surface area contributed by atoms with Crippen LogP contribution in [-0.4, -0.2) is 22.3 Å². The summed E-state index contributed by atoms with van der Waals surface area (Å²) < 4.78 is 0. The molecule has 1 unspecified atom stereocenters. The lowest BCUT2D eigenvalue weighted by atomic mass is 10.1. The van der Waals surface area contributed by atoms with E-state index in [2.05, 4.69) is 40.1 Å². The van der Waals surface area contributed by atoms with Gasteiger partial charge >= 0.3 is 0 Å². The van der Waals surface area contributed by atoms with E-state index in [0.717, 1.165) is 0 Å². The Morgan fingerprint density at radius 1 is 1.56 bits per heavy atom. The summed E-state index contributed by atoms with van der Waals surface area (Å²) in [7, 11) is 0. The molecule has 1 atom stereocenters. The summed E-state index contributed by atoms with van der Waals surface area (Å²) in [5.41, 5.74) is 0.382. The molecule has 0 radical (unpaired) electrons. The minimum absolute atomic E-state index is 0.179. The van der Waals surface area contributed by atoms with E-state index in [-0.39, 0.29) is 10.7 Å². The quantitative estimate of drug-likeness (QED) is 0.869. The van der Waals surface area contributed by atoms with Crippen molar-refractivity contribution in [2.24, 2.45) is 5.92 Å². The van der Waals surface area contributed by atoms with Crippen LogP contribution in [0.2, 0.25) is 5.02 Å². The Morgan fingerprint density at radius 2 is 2.25 bits per heavy atom. The first kappa shape index (κ1) is 13.5. The topological polar surface area (TPSA) is 42.0 Å². The van der Waals surface area contributed by atoms with Crippen LogP contribution in [0.1, 0.15) is 24.3 Å². The number of hydrogen-bond acceptors (Lipinski definition) is 2. The van der Waals surface area contributed by atoms with Crippen LogP contribution in [0, 0.1) is 5.92 Å². The van der Waals surface area contributed by atoms with Gasteiger partial charge in [0.05, 0.1) is 5.02 Å². The fraction of sp³-hybridized carbons (Fsp3) is 0.455. The lowest BCUT2D eigenvalue weighted by molar-refractivity contribution is 0.0948. The third kappa shape index (κ3) is 4.10. The number of carbonyl (C=O) groups is 1. The minimum Gasteiger partial charge on any atom is -0.350 e. The van der Waals surface area contributed by atoms with E-state index in [0.29, 0.717) is 23.2 Å². The number of carbonyl (C=O) groups excluding carboxylic acids is 1. The maximum Gasteiger partial charge on any atom is 0.269 e. The summed E-state index contributed by atoms with van der Waals surface area (Å²) in [5, 5.41) is 3.33. The van der Waals surface area contributed by atoms with Gasteiger partial charge in [0.1, 0.15) is 5.69 Å². The van der Waals surface area contributed by atoms with E-state index < -0.39 is 0 Å². The molecular weight excluding hydrogens is 291 g/mol. The Morgan fingerprint density at radius 3 is 2.75 bits per heavy atom. The maximum absolute atomic E-state index is 11.6. The number of pyridine rings is 1. The highest BCUT2D eigenvalue weighted by atomic mass is 79.9. The van der Waals surface area contributed by atoms with Crippen LogP contribution in [-0.2, 0) is 0 Å². The van der Waals surface area contributed by atoms with Gasteiger partial charge in [0.15, 0.2) is 0 Å². The zero-order chi connectivity index (χ0) is 12.1. The van der Waals surface area contributed by atoms with Crippen LogP contribution < -0.4 is 5.32 Å². The molecule has 1 heterocycles. The number of alkyl halides is 1. The molecule has 0 saturated carbocycles. The summed E-state index contributed by atoms with van der Waals surface area (Å²) in [6, 6.07) is 3.26. The molecule has 0 bridgehead atoms. The minimum atomic E-state index is -0.179. The molecule has 1 N–H and O–H groups in total. The fourth-order valence-electron chi connectivity index (χ4n) is 1.03. The normalized spacial score (nSPS) is 12.6. The number of halogens is 2. The van der Waals surface area contributed by atoms with Crippen molar-refractivity contribution in [3.63, 3.8) is 0 Å². The number of amides is 1. The van der Waals surface area contributed by atoms with Crippen LogP contribution in [0.5, 0.6) is 0 Å². The van der Waals surface area contributed by atoms with Gasteiger partial charge in [-0.05, 0) is 18.1 Å². The van der Waals surface area contributed by atoms with E-state index in [4.69, 9.17) is 11.6 Å². The molecule has 3 nitrogen and oxygen atoms in total. The number of rotatable bonds is 4. The largest absolute Gasteiger partial charge is 0.350 e. The summed E-state index contributed by atoms with van der Waals surface area (Å²) >= 11 is 9.18. The van der Waals surface area contributed by atoms with Crippen molar-refractivity contribution < 1.29 is 4.79 Å². The number of nitrogens with zero attached hydrogens (tertiary/aromatic N) is 1. The summed E-state index contributed by atoms with van der Waals surface area (Å²) in [6.07, 6.45) is 1.46. The van der Waals surface area contributed by atoms with E-state index in [1.807, 2.05) is 0 Å². The van der Waals surface area contributed by atoms with Crippen molar-refractivity contribution >= 4 is 33.4 Å². The molecular formula is C11H14BrClN2O. The molecule has 1 amide bonds. The second-order valence-corrected chi connectivity index (χ2v) is 5.44. The standard InChI is InChI=1S/C11H14BrClN2O/c1-7(2)9(12)6-15-11(16)10-4-3-8(13)5-14-10/h3-5,7,9H,6H2,1-2H3,(H,15,16). The first-order chi connectivity index (χ1) is 7.50. The van der Waals surface area contributed by atoms with Gasteiger partial charge < -0.3 is 5.32 Å². The van der Waals surface area contributed by atoms with Gasteiger partial charge in [0.25, 0.3) is 5.91 Å². The number of nitrogens with one attached hydrogen (secondary N) is 1. The molecule has 0 saturated heterocycles. The highest BCUT2D eigenvalue weighted by Gasteiger charge is 2.12. The second-order valence-electron chi connectivity index (χ2n) is 3.83. The number of aromatic nitrogens is 1. The Labute approximate surface area is 109 Å². The molecule has 5 heteroatoms. The molecule has 1 aromatic heterocycles. The molecule has 0 aliphatic rings. The molecule has 0 aromatic carbocycles. The Hall–Kier alpha value is -0.610. The van der Waals surface area contributed by atoms with Crippen molar-refractivity contribution in [1.29, 1.82) is 0 Å². The highest BCUT2D eigenvalue weighted by Crippen LogP contribution is 2.11. The smallest absolute Gasteiger partial charge is 0.269 e. The lowest BCUT2D eigenvalue weighted by Gasteiger charge is -2.14. The van der Waals surface area contributed by atoms with Crippen molar-refractivity contribution in [2.45, 2.75) is 18.7 Å². The van der Waals surface area contributed by atoms with Crippen molar-refractivity contribution in [2.75, 3.05) is 6.54 Å². The third-order valence-electron chi connectivity index (χ3n) is 2.14. The van der Waals surface area contributed by atoms with Crippen LogP contribution in [0.25, 0.3) is 0 Å². The van der Waals surface area contributed by atoms with E-state index in [1.54, 1.807) is 12.1 Å². The summed E-state index contributed by atoms with van der Waals surface area (Å²) in [5.74, 6) is 0.292. The monoisotopic (exact) mass is 304 g/mol. The van der Waals surface area contributed by atoms with Crippen molar-refractivity contribution in [3.05, 3.63) is 29.0 Å². The van der Waals surface area contributed by atoms with Gasteiger partial charge in [0, 0.05) is 17.6 Å². The first-order valence-corrected chi connectivity index (χ1v) is 6.34. The van der Waals surface area contributed by atoms with Gasteiger partial charge in [-0.3, -0.25) is 4.79 Å². The maximum atomic E-state index is 11.6. The van der Waals surface area contributed by atoms with Crippen LogP contribution >= 0.6 is 27.5 Å². The van der Waals surface area contributed by atoms with E-state index in [1.165, 1.54) is 6.20 Å². The van der Waals surface area contributed by atoms with Gasteiger partial charge in [-0.15, -0.1) is 0 Å². The molecule has 0 aliphatic heterocycles. The second kappa shape index (κ2) is 6.21. The van der Waals surface area contributed by atoms with E-state index >= 15 is 0 Å². The predicted molar refractivity (Wildman–Crippen MR) is 69.1 cm³/mol. The van der Waals surface area contributed by atoms with Gasteiger partial charge in [0.2, 0.25) is 0 Å². The van der Waals surface area contributed by atoms with E-state index in [9.17, 15) is 4.79 Å². The Balaban J connectivity index is 2.50. The Kier molecular flexibility index (Phi) is 5.22. The first-order valence-electron chi connectivity index (χ1n) is 5.04. The van der Waals surface area contributed by atoms with Crippen molar-refractivity contribution in [1.82, 2.24) is 10.3 Å². The number of hydrogen-bond donors (Lipinski definition) is 1. The predicted octanol–water partition coefficient (Wildman–Crippen LogP) is 2.88. The average Bonchev–Trinajstić information content (AvgIpc) is 2.26. The Bertz CT molecular complexity index is 354. The molecule has 0 aliphatic carbocycles.